The molecule has 0 aromatic carbocycles. The predicted octanol–water partition coefficient (Wildman–Crippen LogP) is 1.23. The Bertz CT molecular complexity index is 693. The summed E-state index contributed by atoms with van der Waals surface area (Å²) in [5.74, 6) is -0.351. The van der Waals surface area contributed by atoms with Crippen LogP contribution in [0.1, 0.15) is 34.6 Å². The van der Waals surface area contributed by atoms with Crippen molar-refractivity contribution >= 4 is 22.3 Å². The van der Waals surface area contributed by atoms with Crippen molar-refractivity contribution in [2.75, 3.05) is 25.0 Å². The third kappa shape index (κ3) is 3.70. The summed E-state index contributed by atoms with van der Waals surface area (Å²) in [7, 11) is 0. The van der Waals surface area contributed by atoms with Crippen LogP contribution in [0.3, 0.4) is 0 Å². The largest absolute Gasteiger partial charge is 0.462 e. The molecule has 2 rings (SSSR count). The average molecular weight is 331 g/mol. The Morgan fingerprint density at radius 3 is 2.78 bits per heavy atom. The fourth-order valence-corrected chi connectivity index (χ4v) is 3.86. The molecule has 1 atom stereocenters. The number of nitrogens with one attached hydrogen (secondary N) is 2. The number of anilines is 1. The van der Waals surface area contributed by atoms with Crippen molar-refractivity contribution < 1.29 is 14.4 Å². The molecule has 0 saturated heterocycles. The molecule has 0 radical (unpaired) electrons. The maximum absolute atomic E-state index is 12.3. The van der Waals surface area contributed by atoms with E-state index >= 15 is 0 Å². The number of esters is 1. The minimum atomic E-state index is -0.351. The molecule has 0 fully saturated rings. The second-order valence-corrected chi connectivity index (χ2v) is 6.24. The molecule has 7 heteroatoms. The normalized spacial score (nSPS) is 15.7. The van der Waals surface area contributed by atoms with Gasteiger partial charge in [-0.15, -0.1) is 11.3 Å². The van der Waals surface area contributed by atoms with E-state index in [9.17, 15) is 4.79 Å². The van der Waals surface area contributed by atoms with E-state index in [0.717, 1.165) is 31.6 Å². The molecule has 0 spiro atoms. The summed E-state index contributed by atoms with van der Waals surface area (Å²) in [4.78, 5) is 15.0. The van der Waals surface area contributed by atoms with Crippen LogP contribution >= 0.6 is 11.3 Å². The lowest BCUT2D eigenvalue weighted by Gasteiger charge is -2.22. The van der Waals surface area contributed by atoms with Crippen molar-refractivity contribution in [3.05, 3.63) is 27.8 Å². The molecular weight excluding hydrogens is 312 g/mol. The lowest BCUT2D eigenvalue weighted by molar-refractivity contribution is -0.913. The fraction of sp³-hybridized carbons (Fsp3) is 0.438. The first-order valence-electron chi connectivity index (χ1n) is 7.56. The molecule has 120 valence electrons. The molecule has 0 aliphatic carbocycles. The first kappa shape index (κ1) is 17.0. The van der Waals surface area contributed by atoms with Gasteiger partial charge in [0.05, 0.1) is 30.1 Å². The van der Waals surface area contributed by atoms with Gasteiger partial charge in [-0.3, -0.25) is 0 Å². The Morgan fingerprint density at radius 1 is 1.43 bits per heavy atom. The molecule has 23 heavy (non-hydrogen) atoms. The van der Waals surface area contributed by atoms with Crippen LogP contribution in [-0.2, 0) is 17.7 Å². The first-order valence-corrected chi connectivity index (χ1v) is 8.38. The van der Waals surface area contributed by atoms with E-state index in [1.54, 1.807) is 19.1 Å². The number of rotatable bonds is 5. The molecular formula is C16H19N4O2S+. The van der Waals surface area contributed by atoms with E-state index in [1.165, 1.54) is 27.3 Å². The Labute approximate surface area is 139 Å². The van der Waals surface area contributed by atoms with E-state index in [0.29, 0.717) is 17.2 Å². The maximum Gasteiger partial charge on any atom is 0.341 e. The number of allylic oxidation sites excluding steroid dienone is 1. The Hall–Kier alpha value is -2.35. The van der Waals surface area contributed by atoms with Crippen molar-refractivity contribution in [1.82, 2.24) is 0 Å². The summed E-state index contributed by atoms with van der Waals surface area (Å²) in [6, 6.07) is 3.59. The summed E-state index contributed by atoms with van der Waals surface area (Å²) >= 11 is 1.50. The Morgan fingerprint density at radius 2 is 2.17 bits per heavy atom. The van der Waals surface area contributed by atoms with Gasteiger partial charge in [0.1, 0.15) is 29.3 Å². The predicted molar refractivity (Wildman–Crippen MR) is 87.0 cm³/mol. The first-order chi connectivity index (χ1) is 11.1. The van der Waals surface area contributed by atoms with Crippen LogP contribution in [0.4, 0.5) is 5.00 Å². The molecule has 0 saturated carbocycles. The van der Waals surface area contributed by atoms with E-state index in [2.05, 4.69) is 12.2 Å². The number of thiophene rings is 1. The SMILES string of the molecule is CCOC(=O)c1c(NC=C(C#N)C#N)sc2c1CC[NH+](CC)C2. The van der Waals surface area contributed by atoms with Crippen LogP contribution in [0, 0.1) is 22.7 Å². The van der Waals surface area contributed by atoms with Crippen LogP contribution in [-0.4, -0.2) is 25.7 Å². The van der Waals surface area contributed by atoms with E-state index in [-0.39, 0.29) is 11.5 Å². The highest BCUT2D eigenvalue weighted by atomic mass is 32.1. The minimum Gasteiger partial charge on any atom is -0.462 e. The molecule has 0 amide bonds. The second kappa shape index (κ2) is 7.77. The average Bonchev–Trinajstić information content (AvgIpc) is 2.93. The monoisotopic (exact) mass is 331 g/mol. The molecule has 2 heterocycles. The lowest BCUT2D eigenvalue weighted by Crippen LogP contribution is -3.11. The molecule has 1 unspecified atom stereocenters. The number of hydrogen-bond donors (Lipinski definition) is 2. The van der Waals surface area contributed by atoms with Crippen molar-refractivity contribution in [3.63, 3.8) is 0 Å². The van der Waals surface area contributed by atoms with Crippen molar-refractivity contribution in [2.45, 2.75) is 26.8 Å². The third-order valence-electron chi connectivity index (χ3n) is 3.80. The molecule has 1 aromatic heterocycles. The van der Waals surface area contributed by atoms with E-state index < -0.39 is 0 Å². The molecule has 1 aliphatic rings. The number of carbonyl (C=O) groups excluding carboxylic acids is 1. The minimum absolute atomic E-state index is 0.0352. The number of hydrogen-bond acceptors (Lipinski definition) is 6. The number of carbonyl (C=O) groups is 1. The van der Waals surface area contributed by atoms with Gasteiger partial charge in [-0.05, 0) is 19.4 Å². The third-order valence-corrected chi connectivity index (χ3v) is 4.96. The number of nitriles is 2. The Balaban J connectivity index is 2.39. The standard InChI is InChI=1S/C16H18N4O2S/c1-3-20-6-5-12-13(10-20)23-15(14(12)16(21)22-4-2)19-9-11(7-17)8-18/h9,19H,3-6,10H2,1-2H3/p+1. The van der Waals surface area contributed by atoms with Crippen molar-refractivity contribution in [3.8, 4) is 12.1 Å². The fourth-order valence-electron chi connectivity index (χ4n) is 2.59. The van der Waals surface area contributed by atoms with Crippen LogP contribution in [0.2, 0.25) is 0 Å². The molecule has 0 bridgehead atoms. The number of likely N-dealkylation sites (N-methyl/N-ethyl adjacent to an activating group) is 1. The van der Waals surface area contributed by atoms with Gasteiger partial charge in [0.15, 0.2) is 0 Å². The van der Waals surface area contributed by atoms with Gasteiger partial charge in [-0.2, -0.15) is 10.5 Å². The Kier molecular flexibility index (Phi) is 5.75. The maximum atomic E-state index is 12.3. The zero-order chi connectivity index (χ0) is 16.8. The van der Waals surface area contributed by atoms with Crippen molar-refractivity contribution in [2.24, 2.45) is 0 Å². The second-order valence-electron chi connectivity index (χ2n) is 5.13. The van der Waals surface area contributed by atoms with Gasteiger partial charge in [0.25, 0.3) is 0 Å². The summed E-state index contributed by atoms with van der Waals surface area (Å²) < 4.78 is 5.18. The zero-order valence-corrected chi connectivity index (χ0v) is 14.0. The molecule has 1 aromatic rings. The van der Waals surface area contributed by atoms with Crippen LogP contribution in [0.5, 0.6) is 0 Å². The molecule has 1 aliphatic heterocycles. The van der Waals surface area contributed by atoms with Gasteiger partial charge in [-0.25, -0.2) is 4.79 Å². The summed E-state index contributed by atoms with van der Waals surface area (Å²) in [5, 5.41) is 21.2. The number of nitrogens with zero attached hydrogens (tertiary/aromatic N) is 2. The number of fused-ring (bicyclic) bond motifs is 1. The van der Waals surface area contributed by atoms with Gasteiger partial charge < -0.3 is 15.0 Å². The smallest absolute Gasteiger partial charge is 0.341 e. The van der Waals surface area contributed by atoms with E-state index in [1.807, 2.05) is 0 Å². The molecule has 6 nitrogen and oxygen atoms in total. The highest BCUT2D eigenvalue weighted by molar-refractivity contribution is 7.16. The highest BCUT2D eigenvalue weighted by Crippen LogP contribution is 2.35. The molecule has 2 N–H and O–H groups in total. The zero-order valence-electron chi connectivity index (χ0n) is 13.2. The number of ether oxygens (including phenoxy) is 1. The summed E-state index contributed by atoms with van der Waals surface area (Å²) in [6.45, 7) is 7.15. The quantitative estimate of drug-likeness (QED) is 0.625. The van der Waals surface area contributed by atoms with Gasteiger partial charge in [0, 0.05) is 12.6 Å². The topological polar surface area (TPSA) is 90.3 Å². The number of quaternary nitrogens is 1. The lowest BCUT2D eigenvalue weighted by atomic mass is 10.0. The van der Waals surface area contributed by atoms with E-state index in [4.69, 9.17) is 15.3 Å². The summed E-state index contributed by atoms with van der Waals surface area (Å²) in [6.07, 6.45) is 2.17. The van der Waals surface area contributed by atoms with Gasteiger partial charge >= 0.3 is 5.97 Å². The van der Waals surface area contributed by atoms with Gasteiger partial charge in [-0.1, -0.05) is 0 Å². The van der Waals surface area contributed by atoms with Crippen molar-refractivity contribution in [1.29, 1.82) is 10.5 Å². The highest BCUT2D eigenvalue weighted by Gasteiger charge is 2.29. The summed E-state index contributed by atoms with van der Waals surface area (Å²) in [5.41, 5.74) is 1.55. The van der Waals surface area contributed by atoms with Crippen LogP contribution < -0.4 is 10.2 Å². The van der Waals surface area contributed by atoms with Crippen LogP contribution in [0.15, 0.2) is 11.8 Å². The van der Waals surface area contributed by atoms with Crippen LogP contribution in [0.25, 0.3) is 0 Å². The van der Waals surface area contributed by atoms with Gasteiger partial charge in [0.2, 0.25) is 0 Å².